The standard InChI is InChI=1S/C21H26N4O3/c26-20(13-18-4-2-12-28-18)23-16-5-7-17(8-6-16)25-21(27)10-9-19(24-25)15-3-1-11-22-14-15/h1,3,9-11,14,16-18H,2,4-8,12-13H2,(H,23,26). The van der Waals surface area contributed by atoms with Crippen LogP contribution in [0.3, 0.4) is 0 Å². The molecule has 1 unspecified atom stereocenters. The van der Waals surface area contributed by atoms with Crippen molar-refractivity contribution in [2.75, 3.05) is 6.61 Å². The molecule has 2 aromatic rings. The maximum atomic E-state index is 12.4. The fraction of sp³-hybridized carbons (Fsp3) is 0.524. The lowest BCUT2D eigenvalue weighted by Crippen LogP contribution is -2.40. The molecule has 7 heteroatoms. The highest BCUT2D eigenvalue weighted by molar-refractivity contribution is 5.76. The Labute approximate surface area is 164 Å². The van der Waals surface area contributed by atoms with E-state index in [1.165, 1.54) is 0 Å². The quantitative estimate of drug-likeness (QED) is 0.859. The average molecular weight is 382 g/mol. The Kier molecular flexibility index (Phi) is 5.81. The number of rotatable bonds is 5. The van der Waals surface area contributed by atoms with Crippen molar-refractivity contribution < 1.29 is 9.53 Å². The van der Waals surface area contributed by atoms with Gasteiger partial charge in [0, 0.05) is 36.7 Å². The zero-order valence-corrected chi connectivity index (χ0v) is 15.9. The van der Waals surface area contributed by atoms with Crippen LogP contribution < -0.4 is 10.9 Å². The number of hydrogen-bond acceptors (Lipinski definition) is 5. The third kappa shape index (κ3) is 4.47. The molecule has 1 saturated heterocycles. The Morgan fingerprint density at radius 1 is 1.18 bits per heavy atom. The number of aromatic nitrogens is 3. The maximum Gasteiger partial charge on any atom is 0.267 e. The number of amides is 1. The number of ether oxygens (including phenoxy) is 1. The number of pyridine rings is 1. The molecule has 2 aliphatic rings. The Balaban J connectivity index is 1.36. The summed E-state index contributed by atoms with van der Waals surface area (Å²) in [5, 5.41) is 7.72. The van der Waals surface area contributed by atoms with Gasteiger partial charge in [-0.2, -0.15) is 5.10 Å². The summed E-state index contributed by atoms with van der Waals surface area (Å²) in [4.78, 5) is 28.7. The van der Waals surface area contributed by atoms with Gasteiger partial charge in [-0.3, -0.25) is 14.6 Å². The summed E-state index contributed by atoms with van der Waals surface area (Å²) in [6.45, 7) is 0.767. The summed E-state index contributed by atoms with van der Waals surface area (Å²) >= 11 is 0. The van der Waals surface area contributed by atoms with Crippen LogP contribution in [0.5, 0.6) is 0 Å². The lowest BCUT2D eigenvalue weighted by molar-refractivity contribution is -0.124. The molecule has 3 heterocycles. The van der Waals surface area contributed by atoms with Gasteiger partial charge in [0.2, 0.25) is 5.91 Å². The Morgan fingerprint density at radius 3 is 2.75 bits per heavy atom. The summed E-state index contributed by atoms with van der Waals surface area (Å²) in [7, 11) is 0. The van der Waals surface area contributed by atoms with Crippen molar-refractivity contribution in [2.24, 2.45) is 0 Å². The smallest absolute Gasteiger partial charge is 0.267 e. The third-order valence-electron chi connectivity index (χ3n) is 5.63. The van der Waals surface area contributed by atoms with E-state index in [2.05, 4.69) is 15.4 Å². The molecule has 4 rings (SSSR count). The summed E-state index contributed by atoms with van der Waals surface area (Å²) in [5.74, 6) is 0.0733. The minimum absolute atomic E-state index is 0.0652. The molecule has 7 nitrogen and oxygen atoms in total. The minimum Gasteiger partial charge on any atom is -0.378 e. The zero-order chi connectivity index (χ0) is 19.3. The van der Waals surface area contributed by atoms with Gasteiger partial charge in [-0.15, -0.1) is 0 Å². The maximum absolute atomic E-state index is 12.4. The van der Waals surface area contributed by atoms with Crippen LogP contribution in [0.2, 0.25) is 0 Å². The summed E-state index contributed by atoms with van der Waals surface area (Å²) in [6, 6.07) is 7.34. The lowest BCUT2D eigenvalue weighted by atomic mass is 9.91. The van der Waals surface area contributed by atoms with Crippen molar-refractivity contribution in [1.29, 1.82) is 0 Å². The molecule has 0 bridgehead atoms. The van der Waals surface area contributed by atoms with Gasteiger partial charge in [-0.25, -0.2) is 4.68 Å². The van der Waals surface area contributed by atoms with Gasteiger partial charge >= 0.3 is 0 Å². The second-order valence-corrected chi connectivity index (χ2v) is 7.66. The molecule has 0 spiro atoms. The van der Waals surface area contributed by atoms with E-state index >= 15 is 0 Å². The van der Waals surface area contributed by atoms with E-state index in [0.717, 1.165) is 56.4 Å². The van der Waals surface area contributed by atoms with Crippen molar-refractivity contribution in [3.8, 4) is 11.3 Å². The highest BCUT2D eigenvalue weighted by atomic mass is 16.5. The number of carbonyl (C=O) groups excluding carboxylic acids is 1. The second-order valence-electron chi connectivity index (χ2n) is 7.66. The van der Waals surface area contributed by atoms with Crippen LogP contribution in [0, 0.1) is 0 Å². The van der Waals surface area contributed by atoms with E-state index in [1.54, 1.807) is 29.2 Å². The molecule has 1 aliphatic carbocycles. The van der Waals surface area contributed by atoms with E-state index < -0.39 is 0 Å². The first-order valence-electron chi connectivity index (χ1n) is 10.1. The van der Waals surface area contributed by atoms with Crippen molar-refractivity contribution in [3.63, 3.8) is 0 Å². The fourth-order valence-corrected chi connectivity index (χ4v) is 4.12. The predicted octanol–water partition coefficient (Wildman–Crippen LogP) is 2.47. The van der Waals surface area contributed by atoms with E-state index in [4.69, 9.17) is 4.74 Å². The first-order valence-corrected chi connectivity index (χ1v) is 10.1. The lowest BCUT2D eigenvalue weighted by Gasteiger charge is -2.30. The minimum atomic E-state index is -0.0847. The van der Waals surface area contributed by atoms with Gasteiger partial charge in [-0.1, -0.05) is 0 Å². The van der Waals surface area contributed by atoms with Crippen LogP contribution in [0.15, 0.2) is 41.5 Å². The van der Waals surface area contributed by atoms with Crippen LogP contribution >= 0.6 is 0 Å². The van der Waals surface area contributed by atoms with E-state index in [1.807, 2.05) is 12.1 Å². The SMILES string of the molecule is O=C(CC1CCCO1)NC1CCC(n2nc(-c3cccnc3)ccc2=O)CC1. The predicted molar refractivity (Wildman–Crippen MR) is 105 cm³/mol. The monoisotopic (exact) mass is 382 g/mol. The molecule has 1 N–H and O–H groups in total. The van der Waals surface area contributed by atoms with Crippen LogP contribution in [0.1, 0.15) is 51.0 Å². The van der Waals surface area contributed by atoms with Crippen LogP contribution in [-0.2, 0) is 9.53 Å². The molecular weight excluding hydrogens is 356 g/mol. The summed E-state index contributed by atoms with van der Waals surface area (Å²) in [6.07, 6.45) is 9.38. The second kappa shape index (κ2) is 8.65. The van der Waals surface area contributed by atoms with Gasteiger partial charge in [0.15, 0.2) is 0 Å². The molecule has 1 aliphatic heterocycles. The number of nitrogens with one attached hydrogen (secondary N) is 1. The van der Waals surface area contributed by atoms with Crippen LogP contribution in [-0.4, -0.2) is 39.4 Å². The summed E-state index contributed by atoms with van der Waals surface area (Å²) in [5.41, 5.74) is 1.56. The van der Waals surface area contributed by atoms with Crippen molar-refractivity contribution >= 4 is 5.91 Å². The van der Waals surface area contributed by atoms with Crippen molar-refractivity contribution in [3.05, 3.63) is 47.0 Å². The van der Waals surface area contributed by atoms with Gasteiger partial charge in [0.25, 0.3) is 5.56 Å². The van der Waals surface area contributed by atoms with Crippen molar-refractivity contribution in [2.45, 2.75) is 63.1 Å². The molecule has 28 heavy (non-hydrogen) atoms. The fourth-order valence-electron chi connectivity index (χ4n) is 4.12. The Morgan fingerprint density at radius 2 is 2.04 bits per heavy atom. The van der Waals surface area contributed by atoms with Gasteiger partial charge in [-0.05, 0) is 56.7 Å². The molecule has 1 saturated carbocycles. The molecule has 2 aromatic heterocycles. The van der Waals surface area contributed by atoms with Crippen LogP contribution in [0.4, 0.5) is 0 Å². The highest BCUT2D eigenvalue weighted by Gasteiger charge is 2.26. The Hall–Kier alpha value is -2.54. The molecule has 1 amide bonds. The van der Waals surface area contributed by atoms with E-state index in [-0.39, 0.29) is 29.7 Å². The van der Waals surface area contributed by atoms with E-state index in [9.17, 15) is 9.59 Å². The largest absolute Gasteiger partial charge is 0.378 e. The van der Waals surface area contributed by atoms with Crippen LogP contribution in [0.25, 0.3) is 11.3 Å². The Bertz CT molecular complexity index is 853. The molecule has 148 valence electrons. The van der Waals surface area contributed by atoms with Gasteiger partial charge in [0.1, 0.15) is 0 Å². The first-order chi connectivity index (χ1) is 13.7. The van der Waals surface area contributed by atoms with Crippen molar-refractivity contribution in [1.82, 2.24) is 20.1 Å². The molecule has 2 fully saturated rings. The highest BCUT2D eigenvalue weighted by Crippen LogP contribution is 2.28. The first kappa shape index (κ1) is 18.8. The molecule has 1 atom stereocenters. The summed E-state index contributed by atoms with van der Waals surface area (Å²) < 4.78 is 7.14. The topological polar surface area (TPSA) is 86.1 Å². The number of hydrogen-bond donors (Lipinski definition) is 1. The molecule has 0 aromatic carbocycles. The third-order valence-corrected chi connectivity index (χ3v) is 5.63. The molecule has 0 radical (unpaired) electrons. The van der Waals surface area contributed by atoms with Gasteiger partial charge in [0.05, 0.1) is 24.3 Å². The number of carbonyl (C=O) groups is 1. The molecular formula is C21H26N4O3. The number of nitrogens with zero attached hydrogens (tertiary/aromatic N) is 3. The van der Waals surface area contributed by atoms with E-state index in [0.29, 0.717) is 6.42 Å². The zero-order valence-electron chi connectivity index (χ0n) is 15.9. The van der Waals surface area contributed by atoms with Gasteiger partial charge < -0.3 is 10.1 Å². The average Bonchev–Trinajstić information content (AvgIpc) is 3.22. The normalized spacial score (nSPS) is 24.8.